The van der Waals surface area contributed by atoms with Crippen LogP contribution in [0, 0.1) is 6.92 Å². The molecule has 0 aliphatic carbocycles. The molecule has 0 radical (unpaired) electrons. The van der Waals surface area contributed by atoms with Crippen LogP contribution >= 0.6 is 11.6 Å². The van der Waals surface area contributed by atoms with E-state index in [4.69, 9.17) is 16.3 Å². The number of nitrogens with one attached hydrogen (secondary N) is 3. The van der Waals surface area contributed by atoms with Crippen LogP contribution in [-0.2, 0) is 13.1 Å². The molecule has 1 aliphatic heterocycles. The van der Waals surface area contributed by atoms with Crippen LogP contribution < -0.4 is 32.1 Å². The number of rotatable bonds is 9. The highest BCUT2D eigenvalue weighted by molar-refractivity contribution is 6.31. The Labute approximate surface area is 207 Å². The molecule has 0 saturated heterocycles. The molecule has 0 fully saturated rings. The minimum Gasteiger partial charge on any atom is -0.497 e. The number of benzene rings is 2. The first-order valence-corrected chi connectivity index (χ1v) is 11.7. The van der Waals surface area contributed by atoms with Crippen molar-refractivity contribution in [1.82, 2.24) is 24.8 Å². The summed E-state index contributed by atoms with van der Waals surface area (Å²) in [5.74, 6) is 1.66. The summed E-state index contributed by atoms with van der Waals surface area (Å²) in [6.07, 6.45) is 0. The first kappa shape index (κ1) is 24.3. The lowest BCUT2D eigenvalue weighted by Gasteiger charge is -2.16. The smallest absolute Gasteiger partial charge is 0.355 e. The van der Waals surface area contributed by atoms with Crippen LogP contribution in [-0.4, -0.2) is 53.4 Å². The number of guanidine groups is 1. The number of aliphatic imine (C=N–C) groups is 1. The summed E-state index contributed by atoms with van der Waals surface area (Å²) in [6.45, 7) is 4.72. The van der Waals surface area contributed by atoms with E-state index in [9.17, 15) is 9.59 Å². The second-order valence-electron chi connectivity index (χ2n) is 8.12. The molecule has 1 aromatic heterocycles. The van der Waals surface area contributed by atoms with Crippen molar-refractivity contribution in [3.05, 3.63) is 85.1 Å². The highest BCUT2D eigenvalue weighted by Crippen LogP contribution is 2.17. The largest absolute Gasteiger partial charge is 0.497 e. The molecule has 0 bridgehead atoms. The maximum Gasteiger partial charge on any atom is 0.355 e. The van der Waals surface area contributed by atoms with E-state index in [2.05, 4.69) is 25.9 Å². The Balaban J connectivity index is 1.62. The van der Waals surface area contributed by atoms with E-state index in [0.29, 0.717) is 23.9 Å². The zero-order chi connectivity index (χ0) is 24.8. The predicted molar refractivity (Wildman–Crippen MR) is 137 cm³/mol. The van der Waals surface area contributed by atoms with Crippen molar-refractivity contribution < 1.29 is 4.74 Å². The molecule has 0 unspecified atom stereocenters. The predicted octanol–water partition coefficient (Wildman–Crippen LogP) is 1.43. The van der Waals surface area contributed by atoms with Crippen LogP contribution in [0.4, 0.5) is 5.95 Å². The van der Waals surface area contributed by atoms with Gasteiger partial charge in [-0.1, -0.05) is 35.9 Å². The Morgan fingerprint density at radius 2 is 1.74 bits per heavy atom. The van der Waals surface area contributed by atoms with Crippen molar-refractivity contribution in [1.29, 1.82) is 0 Å². The molecular formula is C24H28ClN7O3. The van der Waals surface area contributed by atoms with Gasteiger partial charge in [-0.15, -0.1) is 0 Å². The van der Waals surface area contributed by atoms with Crippen LogP contribution in [0.25, 0.3) is 0 Å². The minimum absolute atomic E-state index is 0.0700. The van der Waals surface area contributed by atoms with E-state index in [1.54, 1.807) is 13.2 Å². The third-order valence-corrected chi connectivity index (χ3v) is 6.01. The first-order chi connectivity index (χ1) is 16.9. The van der Waals surface area contributed by atoms with Gasteiger partial charge in [-0.2, -0.15) is 4.98 Å². The van der Waals surface area contributed by atoms with Gasteiger partial charge in [-0.05, 0) is 41.8 Å². The summed E-state index contributed by atoms with van der Waals surface area (Å²) < 4.78 is 7.80. The number of ether oxygens (including phenoxy) is 1. The Hall–Kier alpha value is -3.79. The van der Waals surface area contributed by atoms with Crippen LogP contribution in [0.2, 0.25) is 5.02 Å². The topological polar surface area (TPSA) is 115 Å². The van der Waals surface area contributed by atoms with Crippen LogP contribution in [0.1, 0.15) is 16.7 Å². The number of methoxy groups -OCH3 is 1. The summed E-state index contributed by atoms with van der Waals surface area (Å²) in [4.78, 5) is 34.8. The van der Waals surface area contributed by atoms with Gasteiger partial charge in [-0.3, -0.25) is 9.56 Å². The second-order valence-corrected chi connectivity index (χ2v) is 8.52. The lowest BCUT2D eigenvalue weighted by molar-refractivity contribution is 0.414. The molecule has 11 heteroatoms. The molecule has 184 valence electrons. The maximum absolute atomic E-state index is 13.5. The molecule has 3 N–H and O–H groups in total. The van der Waals surface area contributed by atoms with E-state index < -0.39 is 11.4 Å². The Kier molecular flexibility index (Phi) is 7.71. The average molecular weight is 498 g/mol. The molecule has 10 nitrogen and oxygen atoms in total. The number of nitrogens with zero attached hydrogens (tertiary/aromatic N) is 4. The van der Waals surface area contributed by atoms with Gasteiger partial charge in [-0.25, -0.2) is 14.2 Å². The zero-order valence-electron chi connectivity index (χ0n) is 19.7. The molecule has 3 aromatic rings. The summed E-state index contributed by atoms with van der Waals surface area (Å²) in [6, 6.07) is 12.9. The maximum atomic E-state index is 13.5. The van der Waals surface area contributed by atoms with E-state index in [-0.39, 0.29) is 19.0 Å². The number of halogens is 1. The highest BCUT2D eigenvalue weighted by Gasteiger charge is 2.15. The minimum atomic E-state index is -0.630. The van der Waals surface area contributed by atoms with Gasteiger partial charge in [0.15, 0.2) is 5.96 Å². The van der Waals surface area contributed by atoms with Crippen molar-refractivity contribution in [3.63, 3.8) is 0 Å². The molecule has 0 saturated carbocycles. The van der Waals surface area contributed by atoms with Crippen molar-refractivity contribution in [2.24, 2.45) is 4.99 Å². The first-order valence-electron chi connectivity index (χ1n) is 11.3. The molecule has 4 rings (SSSR count). The van der Waals surface area contributed by atoms with Gasteiger partial charge >= 0.3 is 11.4 Å². The van der Waals surface area contributed by atoms with E-state index >= 15 is 0 Å². The molecule has 2 heterocycles. The van der Waals surface area contributed by atoms with Crippen LogP contribution in [0.15, 0.2) is 57.0 Å². The Morgan fingerprint density at radius 3 is 2.43 bits per heavy atom. The quantitative estimate of drug-likeness (QED) is 0.383. The molecule has 0 atom stereocenters. The van der Waals surface area contributed by atoms with Crippen molar-refractivity contribution in [3.8, 4) is 5.75 Å². The number of hydrogen-bond acceptors (Lipinski definition) is 8. The van der Waals surface area contributed by atoms with Crippen molar-refractivity contribution >= 4 is 23.5 Å². The molecule has 2 aromatic carbocycles. The summed E-state index contributed by atoms with van der Waals surface area (Å²) >= 11 is 6.24. The van der Waals surface area contributed by atoms with E-state index in [1.165, 1.54) is 4.57 Å². The van der Waals surface area contributed by atoms with Crippen molar-refractivity contribution in [2.45, 2.75) is 20.0 Å². The molecule has 0 spiro atoms. The monoisotopic (exact) mass is 497 g/mol. The van der Waals surface area contributed by atoms with Gasteiger partial charge < -0.3 is 20.7 Å². The normalized spacial score (nSPS) is 12.7. The van der Waals surface area contributed by atoms with Crippen LogP contribution in [0.5, 0.6) is 5.75 Å². The Bertz CT molecular complexity index is 1330. The lowest BCUT2D eigenvalue weighted by Crippen LogP contribution is -2.44. The fourth-order valence-electron chi connectivity index (χ4n) is 3.64. The van der Waals surface area contributed by atoms with Gasteiger partial charge in [0.25, 0.3) is 0 Å². The molecular weight excluding hydrogens is 470 g/mol. The zero-order valence-corrected chi connectivity index (χ0v) is 20.4. The summed E-state index contributed by atoms with van der Waals surface area (Å²) in [5, 5.41) is 10.00. The lowest BCUT2D eigenvalue weighted by atomic mass is 10.1. The number of hydrogen-bond donors (Lipinski definition) is 3. The molecule has 1 aliphatic rings. The van der Waals surface area contributed by atoms with E-state index in [1.807, 2.05) is 43.3 Å². The second kappa shape index (κ2) is 11.1. The average Bonchev–Trinajstić information content (AvgIpc) is 3.38. The SMILES string of the molecule is COc1ccc(Cn2c(NCCNC3=NCCN3)nc(=O)n(Cc3ccc(C)c(Cl)c3)c2=O)cc1. The van der Waals surface area contributed by atoms with Gasteiger partial charge in [0, 0.05) is 24.7 Å². The number of anilines is 1. The fraction of sp³-hybridized carbons (Fsp3) is 0.333. The van der Waals surface area contributed by atoms with Gasteiger partial charge in [0.1, 0.15) is 5.75 Å². The molecule has 35 heavy (non-hydrogen) atoms. The van der Waals surface area contributed by atoms with Gasteiger partial charge in [0.05, 0.1) is 26.7 Å². The fourth-order valence-corrected chi connectivity index (χ4v) is 3.85. The number of aryl methyl sites for hydroxylation is 1. The Morgan fingerprint density at radius 1 is 1.03 bits per heavy atom. The number of aromatic nitrogens is 3. The highest BCUT2D eigenvalue weighted by atomic mass is 35.5. The molecule has 0 amide bonds. The standard InChI is InChI=1S/C24H28ClN7O3/c1-16-3-4-18(13-20(16)25)15-32-23(33)30-22(29-12-11-28-21-26-9-10-27-21)31(24(32)34)14-17-5-7-19(35-2)8-6-17/h3-8,13H,9-12,14-15H2,1-2H3,(H2,26,27,28)(H,29,30,33). The van der Waals surface area contributed by atoms with Crippen LogP contribution in [0.3, 0.4) is 0 Å². The third kappa shape index (κ3) is 6.02. The summed E-state index contributed by atoms with van der Waals surface area (Å²) in [5.41, 5.74) is 1.44. The van der Waals surface area contributed by atoms with Crippen molar-refractivity contribution in [2.75, 3.05) is 38.6 Å². The summed E-state index contributed by atoms with van der Waals surface area (Å²) in [7, 11) is 1.60. The van der Waals surface area contributed by atoms with Gasteiger partial charge in [0.2, 0.25) is 5.95 Å². The van der Waals surface area contributed by atoms with E-state index in [0.717, 1.165) is 40.3 Å². The third-order valence-electron chi connectivity index (χ3n) is 5.60.